The van der Waals surface area contributed by atoms with Gasteiger partial charge in [-0.3, -0.25) is 4.79 Å². The van der Waals surface area contributed by atoms with Crippen molar-refractivity contribution in [2.24, 2.45) is 0 Å². The summed E-state index contributed by atoms with van der Waals surface area (Å²) in [5.74, 6) is 1.05. The van der Waals surface area contributed by atoms with Crippen molar-refractivity contribution in [1.29, 1.82) is 0 Å². The standard InChI is InChI=1S/C16H18N2O3S/c1-12(19)18-13-5-7-15(8-6-13)21-10-14(20)11-22-16-4-2-3-9-17-16/h2-9,14,20H,10-11H2,1H3,(H,18,19)/t14-/m0/s1. The summed E-state index contributed by atoms with van der Waals surface area (Å²) in [5.41, 5.74) is 0.714. The second-order valence-electron chi connectivity index (χ2n) is 4.65. The monoisotopic (exact) mass is 318 g/mol. The molecule has 0 aliphatic rings. The zero-order valence-corrected chi connectivity index (χ0v) is 13.0. The lowest BCUT2D eigenvalue weighted by Gasteiger charge is -2.12. The number of nitrogens with one attached hydrogen (secondary N) is 1. The minimum atomic E-state index is -0.581. The molecule has 0 fully saturated rings. The van der Waals surface area contributed by atoms with Crippen LogP contribution in [0, 0.1) is 0 Å². The van der Waals surface area contributed by atoms with Gasteiger partial charge in [0.1, 0.15) is 12.4 Å². The molecule has 0 aliphatic heterocycles. The van der Waals surface area contributed by atoms with E-state index in [1.165, 1.54) is 18.7 Å². The van der Waals surface area contributed by atoms with Crippen molar-refractivity contribution >= 4 is 23.4 Å². The zero-order valence-electron chi connectivity index (χ0n) is 12.2. The summed E-state index contributed by atoms with van der Waals surface area (Å²) in [6.45, 7) is 1.67. The molecule has 1 heterocycles. The normalized spacial score (nSPS) is 11.7. The average molecular weight is 318 g/mol. The molecule has 1 aromatic carbocycles. The SMILES string of the molecule is CC(=O)Nc1ccc(OC[C@H](O)CSc2ccccn2)cc1. The number of anilines is 1. The van der Waals surface area contributed by atoms with E-state index < -0.39 is 6.10 Å². The quantitative estimate of drug-likeness (QED) is 0.768. The van der Waals surface area contributed by atoms with Crippen LogP contribution < -0.4 is 10.1 Å². The number of pyridine rings is 1. The number of amides is 1. The first kappa shape index (κ1) is 16.3. The van der Waals surface area contributed by atoms with Crippen molar-refractivity contribution in [2.45, 2.75) is 18.1 Å². The fraction of sp³-hybridized carbons (Fsp3) is 0.250. The first-order valence-electron chi connectivity index (χ1n) is 6.86. The van der Waals surface area contributed by atoms with Crippen molar-refractivity contribution in [3.8, 4) is 5.75 Å². The van der Waals surface area contributed by atoms with Gasteiger partial charge in [-0.1, -0.05) is 6.07 Å². The predicted molar refractivity (Wildman–Crippen MR) is 87.2 cm³/mol. The number of carbonyl (C=O) groups excluding carboxylic acids is 1. The Hall–Kier alpha value is -2.05. The number of aromatic nitrogens is 1. The molecule has 2 rings (SSSR count). The van der Waals surface area contributed by atoms with Gasteiger partial charge in [0.25, 0.3) is 0 Å². The fourth-order valence-electron chi connectivity index (χ4n) is 1.69. The van der Waals surface area contributed by atoms with Gasteiger partial charge in [0.05, 0.1) is 11.1 Å². The summed E-state index contributed by atoms with van der Waals surface area (Å²) in [7, 11) is 0. The van der Waals surface area contributed by atoms with Crippen LogP contribution in [0.15, 0.2) is 53.7 Å². The molecule has 0 radical (unpaired) electrons. The van der Waals surface area contributed by atoms with E-state index in [1.807, 2.05) is 18.2 Å². The molecule has 22 heavy (non-hydrogen) atoms. The number of rotatable bonds is 7. The summed E-state index contributed by atoms with van der Waals surface area (Å²) in [6, 6.07) is 12.7. The molecule has 116 valence electrons. The molecule has 2 N–H and O–H groups in total. The van der Waals surface area contributed by atoms with Crippen LogP contribution in [-0.2, 0) is 4.79 Å². The maximum Gasteiger partial charge on any atom is 0.221 e. The van der Waals surface area contributed by atoms with Crippen LogP contribution in [0.25, 0.3) is 0 Å². The van der Waals surface area contributed by atoms with E-state index in [-0.39, 0.29) is 12.5 Å². The number of hydrogen-bond acceptors (Lipinski definition) is 5. The van der Waals surface area contributed by atoms with Gasteiger partial charge >= 0.3 is 0 Å². The Morgan fingerprint density at radius 2 is 2.09 bits per heavy atom. The topological polar surface area (TPSA) is 71.5 Å². The summed E-state index contributed by atoms with van der Waals surface area (Å²) in [4.78, 5) is 15.1. The summed E-state index contributed by atoms with van der Waals surface area (Å²) < 4.78 is 5.52. The smallest absolute Gasteiger partial charge is 0.221 e. The first-order chi connectivity index (χ1) is 10.6. The van der Waals surface area contributed by atoms with Crippen molar-refractivity contribution in [3.05, 3.63) is 48.7 Å². The van der Waals surface area contributed by atoms with Crippen LogP contribution in [0.3, 0.4) is 0 Å². The Balaban J connectivity index is 1.73. The number of hydrogen-bond donors (Lipinski definition) is 2. The molecule has 0 aliphatic carbocycles. The van der Waals surface area contributed by atoms with Gasteiger partial charge in [-0.2, -0.15) is 0 Å². The number of benzene rings is 1. The maximum absolute atomic E-state index is 10.9. The Morgan fingerprint density at radius 3 is 2.73 bits per heavy atom. The van der Waals surface area contributed by atoms with Crippen molar-refractivity contribution in [1.82, 2.24) is 4.98 Å². The Bertz CT molecular complexity index is 590. The second-order valence-corrected chi connectivity index (χ2v) is 5.69. The highest BCUT2D eigenvalue weighted by molar-refractivity contribution is 7.99. The highest BCUT2D eigenvalue weighted by Gasteiger charge is 2.07. The number of aliphatic hydroxyl groups is 1. The highest BCUT2D eigenvalue weighted by Crippen LogP contribution is 2.18. The van der Waals surface area contributed by atoms with E-state index in [0.717, 1.165) is 5.03 Å². The van der Waals surface area contributed by atoms with E-state index >= 15 is 0 Å². The van der Waals surface area contributed by atoms with Crippen LogP contribution in [0.5, 0.6) is 5.75 Å². The summed E-state index contributed by atoms with van der Waals surface area (Å²) in [6.07, 6.45) is 1.14. The molecular weight excluding hydrogens is 300 g/mol. The summed E-state index contributed by atoms with van der Waals surface area (Å²) in [5, 5.41) is 13.5. The number of carbonyl (C=O) groups is 1. The van der Waals surface area contributed by atoms with Crippen LogP contribution in [0.1, 0.15) is 6.92 Å². The van der Waals surface area contributed by atoms with Gasteiger partial charge in [0, 0.05) is 24.6 Å². The maximum atomic E-state index is 10.9. The van der Waals surface area contributed by atoms with Crippen molar-refractivity contribution in [3.63, 3.8) is 0 Å². The number of aliphatic hydroxyl groups excluding tert-OH is 1. The van der Waals surface area contributed by atoms with E-state index in [1.54, 1.807) is 30.5 Å². The lowest BCUT2D eigenvalue weighted by atomic mass is 10.3. The first-order valence-corrected chi connectivity index (χ1v) is 7.84. The van der Waals surface area contributed by atoms with Gasteiger partial charge < -0.3 is 15.2 Å². The molecule has 2 aromatic rings. The number of thioether (sulfide) groups is 1. The molecule has 0 unspecified atom stereocenters. The fourth-order valence-corrected chi connectivity index (χ4v) is 2.46. The van der Waals surface area contributed by atoms with E-state index in [0.29, 0.717) is 17.2 Å². The molecule has 0 spiro atoms. The highest BCUT2D eigenvalue weighted by atomic mass is 32.2. The number of nitrogens with zero attached hydrogens (tertiary/aromatic N) is 1. The van der Waals surface area contributed by atoms with Gasteiger partial charge in [0.2, 0.25) is 5.91 Å². The largest absolute Gasteiger partial charge is 0.491 e. The van der Waals surface area contributed by atoms with Crippen LogP contribution in [-0.4, -0.2) is 34.5 Å². The van der Waals surface area contributed by atoms with Gasteiger partial charge in [0.15, 0.2) is 0 Å². The third-order valence-electron chi connectivity index (χ3n) is 2.68. The van der Waals surface area contributed by atoms with Crippen molar-refractivity contribution in [2.75, 3.05) is 17.7 Å². The van der Waals surface area contributed by atoms with Crippen LogP contribution in [0.4, 0.5) is 5.69 Å². The Kier molecular flexibility index (Phi) is 6.24. The second kappa shape index (κ2) is 8.41. The van der Waals surface area contributed by atoms with Gasteiger partial charge in [-0.15, -0.1) is 11.8 Å². The molecule has 0 saturated carbocycles. The molecule has 0 saturated heterocycles. The third-order valence-corrected chi connectivity index (χ3v) is 3.77. The number of ether oxygens (including phenoxy) is 1. The molecule has 0 bridgehead atoms. The molecule has 6 heteroatoms. The lowest BCUT2D eigenvalue weighted by molar-refractivity contribution is -0.114. The van der Waals surface area contributed by atoms with E-state index in [4.69, 9.17) is 4.74 Å². The van der Waals surface area contributed by atoms with E-state index in [2.05, 4.69) is 10.3 Å². The molecular formula is C16H18N2O3S. The molecule has 1 aromatic heterocycles. The van der Waals surface area contributed by atoms with Crippen LogP contribution >= 0.6 is 11.8 Å². The Morgan fingerprint density at radius 1 is 1.32 bits per heavy atom. The lowest BCUT2D eigenvalue weighted by Crippen LogP contribution is -2.20. The summed E-state index contributed by atoms with van der Waals surface area (Å²) >= 11 is 1.48. The third kappa shape index (κ3) is 5.75. The van der Waals surface area contributed by atoms with Crippen molar-refractivity contribution < 1.29 is 14.6 Å². The molecule has 1 amide bonds. The van der Waals surface area contributed by atoms with Gasteiger partial charge in [-0.25, -0.2) is 4.98 Å². The molecule has 5 nitrogen and oxygen atoms in total. The van der Waals surface area contributed by atoms with Gasteiger partial charge in [-0.05, 0) is 36.4 Å². The zero-order chi connectivity index (χ0) is 15.8. The Labute approximate surface area is 133 Å². The minimum absolute atomic E-state index is 0.115. The average Bonchev–Trinajstić information content (AvgIpc) is 2.53. The predicted octanol–water partition coefficient (Wildman–Crippen LogP) is 2.57. The van der Waals surface area contributed by atoms with E-state index in [9.17, 15) is 9.90 Å². The molecule has 1 atom stereocenters. The van der Waals surface area contributed by atoms with Crippen LogP contribution in [0.2, 0.25) is 0 Å². The minimum Gasteiger partial charge on any atom is -0.491 e.